The smallest absolute Gasteiger partial charge is 0.296 e. The van der Waals surface area contributed by atoms with Gasteiger partial charge in [-0.05, 0) is 43.9 Å². The number of fused-ring (bicyclic) bond motifs is 1. The monoisotopic (exact) mass is 531 g/mol. The van der Waals surface area contributed by atoms with Crippen molar-refractivity contribution in [1.82, 2.24) is 24.8 Å². The molecule has 3 aliphatic rings. The molecule has 1 saturated carbocycles. The molecule has 8 nitrogen and oxygen atoms in total. The van der Waals surface area contributed by atoms with Crippen LogP contribution in [-0.4, -0.2) is 71.6 Å². The Morgan fingerprint density at radius 2 is 1.76 bits per heavy atom. The Balaban J connectivity index is 0.000000433. The standard InChI is InChI=1S/C23H28F2N6O.C4H8FN/c24-21(25)22-27-17-8-4-5-9-18(17)31(22)20-14-19(30-10-12-32-13-11-30)28-23(29-20)26-15-16-6-2-1-3-7-16;5-4-1-2-6-3-4/h4-5,8-9,14,16,21H,1-3,6-7,10-13,15H2,(H,26,28,29);4,6H,1-3H2. The highest BCUT2D eigenvalue weighted by molar-refractivity contribution is 5.78. The van der Waals surface area contributed by atoms with Crippen molar-refractivity contribution in [2.75, 3.05) is 56.2 Å². The van der Waals surface area contributed by atoms with Gasteiger partial charge < -0.3 is 20.3 Å². The summed E-state index contributed by atoms with van der Waals surface area (Å²) in [6, 6.07) is 8.92. The second-order valence-corrected chi connectivity index (χ2v) is 10.1. The summed E-state index contributed by atoms with van der Waals surface area (Å²) in [7, 11) is 0. The number of anilines is 2. The lowest BCUT2D eigenvalue weighted by atomic mass is 9.89. The maximum absolute atomic E-state index is 13.9. The van der Waals surface area contributed by atoms with Gasteiger partial charge in [0.2, 0.25) is 5.95 Å². The van der Waals surface area contributed by atoms with E-state index in [1.807, 2.05) is 6.07 Å². The highest BCUT2D eigenvalue weighted by Crippen LogP contribution is 2.30. The largest absolute Gasteiger partial charge is 0.378 e. The van der Waals surface area contributed by atoms with Gasteiger partial charge in [-0.25, -0.2) is 18.2 Å². The normalized spacial score (nSPS) is 20.5. The summed E-state index contributed by atoms with van der Waals surface area (Å²) >= 11 is 0. The van der Waals surface area contributed by atoms with Crippen LogP contribution in [0, 0.1) is 5.92 Å². The van der Waals surface area contributed by atoms with E-state index in [2.05, 4.69) is 25.5 Å². The van der Waals surface area contributed by atoms with Crippen molar-refractivity contribution in [2.24, 2.45) is 5.92 Å². The van der Waals surface area contributed by atoms with E-state index in [1.54, 1.807) is 24.3 Å². The first-order valence-corrected chi connectivity index (χ1v) is 13.6. The first kappa shape index (κ1) is 26.7. The zero-order valence-corrected chi connectivity index (χ0v) is 21.6. The number of benzene rings is 1. The van der Waals surface area contributed by atoms with Crippen molar-refractivity contribution >= 4 is 22.8 Å². The van der Waals surface area contributed by atoms with Gasteiger partial charge in [-0.1, -0.05) is 31.4 Å². The molecular formula is C27H36F3N7O. The number of halogens is 3. The maximum Gasteiger partial charge on any atom is 0.296 e. The number of morpholine rings is 1. The van der Waals surface area contributed by atoms with E-state index in [9.17, 15) is 13.2 Å². The molecule has 3 aromatic rings. The van der Waals surface area contributed by atoms with Gasteiger partial charge >= 0.3 is 0 Å². The number of para-hydroxylation sites is 2. The van der Waals surface area contributed by atoms with Crippen LogP contribution in [0.1, 0.15) is 50.8 Å². The van der Waals surface area contributed by atoms with Crippen LogP contribution >= 0.6 is 0 Å². The molecule has 2 aromatic heterocycles. The third-order valence-electron chi connectivity index (χ3n) is 7.32. The van der Waals surface area contributed by atoms with Crippen LogP contribution < -0.4 is 15.5 Å². The molecule has 0 bridgehead atoms. The van der Waals surface area contributed by atoms with E-state index < -0.39 is 12.6 Å². The molecule has 1 unspecified atom stereocenters. The third kappa shape index (κ3) is 6.55. The zero-order valence-electron chi connectivity index (χ0n) is 21.6. The van der Waals surface area contributed by atoms with E-state index in [4.69, 9.17) is 9.72 Å². The topological polar surface area (TPSA) is 80.1 Å². The van der Waals surface area contributed by atoms with Crippen molar-refractivity contribution < 1.29 is 17.9 Å². The Morgan fingerprint density at radius 1 is 1.00 bits per heavy atom. The van der Waals surface area contributed by atoms with Crippen molar-refractivity contribution in [3.63, 3.8) is 0 Å². The van der Waals surface area contributed by atoms with E-state index in [0.717, 1.165) is 13.1 Å². The first-order valence-electron chi connectivity index (χ1n) is 13.6. The molecule has 0 spiro atoms. The number of nitrogens with zero attached hydrogens (tertiary/aromatic N) is 5. The minimum atomic E-state index is -2.72. The number of hydrogen-bond donors (Lipinski definition) is 2. The SMILES string of the molecule is FC(F)c1nc2ccccc2n1-c1cc(N2CCOCC2)nc(NCC2CCCCC2)n1.FC1CCNC1. The van der Waals surface area contributed by atoms with Gasteiger partial charge in [-0.3, -0.25) is 4.57 Å². The van der Waals surface area contributed by atoms with Crippen LogP contribution in [0.5, 0.6) is 0 Å². The highest BCUT2D eigenvalue weighted by Gasteiger charge is 2.23. The summed E-state index contributed by atoms with van der Waals surface area (Å²) in [6.45, 7) is 4.84. The third-order valence-corrected chi connectivity index (χ3v) is 7.32. The lowest BCUT2D eigenvalue weighted by Gasteiger charge is -2.28. The molecule has 2 aliphatic heterocycles. The lowest BCUT2D eigenvalue weighted by Crippen LogP contribution is -2.37. The van der Waals surface area contributed by atoms with E-state index in [-0.39, 0.29) is 5.82 Å². The van der Waals surface area contributed by atoms with Crippen LogP contribution in [0.3, 0.4) is 0 Å². The summed E-state index contributed by atoms with van der Waals surface area (Å²) < 4.78 is 46.6. The van der Waals surface area contributed by atoms with Gasteiger partial charge in [0.25, 0.3) is 6.43 Å². The Hall–Kier alpha value is -2.92. The van der Waals surface area contributed by atoms with Gasteiger partial charge in [-0.2, -0.15) is 9.97 Å². The molecule has 11 heteroatoms. The predicted molar refractivity (Wildman–Crippen MR) is 142 cm³/mol. The minimum absolute atomic E-state index is 0.309. The molecule has 3 fully saturated rings. The molecule has 6 rings (SSSR count). The van der Waals surface area contributed by atoms with Crippen molar-refractivity contribution in [2.45, 2.75) is 51.1 Å². The quantitative estimate of drug-likeness (QED) is 0.468. The van der Waals surface area contributed by atoms with Crippen molar-refractivity contribution in [3.05, 3.63) is 36.2 Å². The molecule has 4 heterocycles. The molecular weight excluding hydrogens is 495 g/mol. The van der Waals surface area contributed by atoms with Gasteiger partial charge in [0.05, 0.1) is 24.2 Å². The van der Waals surface area contributed by atoms with Crippen molar-refractivity contribution in [1.29, 1.82) is 0 Å². The Bertz CT molecular complexity index is 1170. The number of ether oxygens (including phenoxy) is 1. The minimum Gasteiger partial charge on any atom is -0.378 e. The lowest BCUT2D eigenvalue weighted by molar-refractivity contribution is 0.122. The number of rotatable bonds is 6. The van der Waals surface area contributed by atoms with Gasteiger partial charge in [0, 0.05) is 32.2 Å². The van der Waals surface area contributed by atoms with E-state index >= 15 is 0 Å². The molecule has 38 heavy (non-hydrogen) atoms. The molecule has 206 valence electrons. The summed E-state index contributed by atoms with van der Waals surface area (Å²) in [5, 5.41) is 6.29. The molecule has 0 amide bonds. The van der Waals surface area contributed by atoms with E-state index in [0.29, 0.717) is 73.8 Å². The molecule has 2 saturated heterocycles. The molecule has 1 aromatic carbocycles. The Labute approximate surface area is 221 Å². The fourth-order valence-electron chi connectivity index (χ4n) is 5.25. The van der Waals surface area contributed by atoms with Gasteiger partial charge in [0.15, 0.2) is 5.82 Å². The number of alkyl halides is 3. The van der Waals surface area contributed by atoms with Crippen LogP contribution in [0.2, 0.25) is 0 Å². The highest BCUT2D eigenvalue weighted by atomic mass is 19.3. The fourth-order valence-corrected chi connectivity index (χ4v) is 5.25. The Kier molecular flexibility index (Phi) is 8.95. The fraction of sp³-hybridized carbons (Fsp3) is 0.593. The number of imidazole rings is 1. The molecule has 1 aliphatic carbocycles. The summed E-state index contributed by atoms with van der Waals surface area (Å²) in [5.74, 6) is 1.86. The van der Waals surface area contributed by atoms with Crippen LogP contribution in [-0.2, 0) is 4.74 Å². The van der Waals surface area contributed by atoms with Crippen LogP contribution in [0.25, 0.3) is 16.9 Å². The van der Waals surface area contributed by atoms with Gasteiger partial charge in [-0.15, -0.1) is 0 Å². The number of hydrogen-bond acceptors (Lipinski definition) is 7. The van der Waals surface area contributed by atoms with E-state index in [1.165, 1.54) is 36.7 Å². The maximum atomic E-state index is 13.9. The average Bonchev–Trinajstić information content (AvgIpc) is 3.60. The Morgan fingerprint density at radius 3 is 2.45 bits per heavy atom. The van der Waals surface area contributed by atoms with Gasteiger partial charge in [0.1, 0.15) is 17.8 Å². The van der Waals surface area contributed by atoms with Crippen molar-refractivity contribution in [3.8, 4) is 5.82 Å². The zero-order chi connectivity index (χ0) is 26.3. The summed E-state index contributed by atoms with van der Waals surface area (Å²) in [6.07, 6.45) is 3.63. The number of aromatic nitrogens is 4. The molecule has 0 radical (unpaired) electrons. The first-order chi connectivity index (χ1) is 18.6. The molecule has 1 atom stereocenters. The number of nitrogens with one attached hydrogen (secondary N) is 2. The summed E-state index contributed by atoms with van der Waals surface area (Å²) in [4.78, 5) is 15.7. The second kappa shape index (κ2) is 12.8. The second-order valence-electron chi connectivity index (χ2n) is 10.1. The summed E-state index contributed by atoms with van der Waals surface area (Å²) in [5.41, 5.74) is 1.12. The van der Waals surface area contributed by atoms with Crippen LogP contribution in [0.4, 0.5) is 24.9 Å². The molecule has 2 N–H and O–H groups in total. The van der Waals surface area contributed by atoms with Crippen LogP contribution in [0.15, 0.2) is 30.3 Å². The predicted octanol–water partition coefficient (Wildman–Crippen LogP) is 4.90. The average molecular weight is 532 g/mol.